The first-order chi connectivity index (χ1) is 15.7. The van der Waals surface area contributed by atoms with Crippen LogP contribution in [0.3, 0.4) is 0 Å². The molecule has 170 valence electrons. The Labute approximate surface area is 192 Å². The van der Waals surface area contributed by atoms with E-state index in [9.17, 15) is 14.6 Å². The lowest BCUT2D eigenvalue weighted by molar-refractivity contribution is 0.0253. The van der Waals surface area contributed by atoms with Crippen LogP contribution in [0.2, 0.25) is 5.02 Å². The first-order valence-corrected chi connectivity index (χ1v) is 10.5. The van der Waals surface area contributed by atoms with E-state index < -0.39 is 30.2 Å². The molecule has 3 heterocycles. The summed E-state index contributed by atoms with van der Waals surface area (Å²) in [6, 6.07) is 5.30. The summed E-state index contributed by atoms with van der Waals surface area (Å²) in [6.45, 7) is 1.70. The maximum absolute atomic E-state index is 14.6. The number of halogens is 2. The van der Waals surface area contributed by atoms with Crippen LogP contribution in [-0.2, 0) is 0 Å². The minimum Gasteiger partial charge on any atom is -0.486 e. The molecule has 0 saturated carbocycles. The topological polar surface area (TPSA) is 145 Å². The third-order valence-corrected chi connectivity index (χ3v) is 6.16. The molecule has 33 heavy (non-hydrogen) atoms. The maximum Gasteiger partial charge on any atom is 0.146 e. The normalized spacial score (nSPS) is 21.5. The van der Waals surface area contributed by atoms with Crippen molar-refractivity contribution in [2.75, 3.05) is 11.5 Å². The van der Waals surface area contributed by atoms with Gasteiger partial charge in [-0.25, -0.2) is 19.3 Å². The second kappa shape index (κ2) is 7.84. The fraction of sp³-hybridized carbons (Fsp3) is 0.227. The van der Waals surface area contributed by atoms with Gasteiger partial charge in [0.25, 0.3) is 0 Å². The molecule has 4 aromatic rings. The Morgan fingerprint density at radius 1 is 1.15 bits per heavy atom. The van der Waals surface area contributed by atoms with Crippen LogP contribution >= 0.6 is 11.6 Å². The van der Waals surface area contributed by atoms with Gasteiger partial charge in [0, 0.05) is 23.7 Å². The molecule has 1 aliphatic carbocycles. The number of nitrogens with two attached hydrogens (primary N) is 2. The van der Waals surface area contributed by atoms with Crippen molar-refractivity contribution in [3.05, 3.63) is 59.3 Å². The number of ether oxygens (including phenoxy) is 1. The fourth-order valence-corrected chi connectivity index (χ4v) is 4.32. The Bertz CT molecular complexity index is 1420. The molecule has 4 atom stereocenters. The van der Waals surface area contributed by atoms with Crippen molar-refractivity contribution < 1.29 is 19.3 Å². The molecule has 1 aromatic carbocycles. The van der Waals surface area contributed by atoms with Crippen LogP contribution in [0.1, 0.15) is 13.0 Å². The van der Waals surface area contributed by atoms with E-state index in [1.807, 2.05) is 0 Å². The summed E-state index contributed by atoms with van der Waals surface area (Å²) >= 11 is 5.94. The second-order valence-corrected chi connectivity index (χ2v) is 8.31. The molecule has 5 rings (SSSR count). The van der Waals surface area contributed by atoms with Gasteiger partial charge in [-0.3, -0.25) is 0 Å². The standard InChI is InChI=1S/C22H20ClFN6O3/c1-9(33-10-4-15(24)13-6-14(23)21(26)29-16(13)5-10)12-7-17(19(32)18(12)31)30-3-2-11-20(25)27-8-28-22(11)30/h2-9,17-19,31-32H,1H3,(H2,26,29)(H2,25,27,28)/t9?,17-,18-,19?/m1/s1. The highest BCUT2D eigenvalue weighted by Crippen LogP contribution is 2.36. The van der Waals surface area contributed by atoms with Crippen molar-refractivity contribution in [1.82, 2.24) is 19.5 Å². The predicted molar refractivity (Wildman–Crippen MR) is 122 cm³/mol. The van der Waals surface area contributed by atoms with Gasteiger partial charge < -0.3 is 31.0 Å². The summed E-state index contributed by atoms with van der Waals surface area (Å²) < 4.78 is 22.2. The summed E-state index contributed by atoms with van der Waals surface area (Å²) in [5, 5.41) is 22.5. The van der Waals surface area contributed by atoms with Crippen LogP contribution in [0, 0.1) is 5.82 Å². The lowest BCUT2D eigenvalue weighted by Crippen LogP contribution is -2.32. The summed E-state index contributed by atoms with van der Waals surface area (Å²) in [5.74, 6) is 0.0253. The van der Waals surface area contributed by atoms with Gasteiger partial charge in [-0.1, -0.05) is 17.7 Å². The van der Waals surface area contributed by atoms with Gasteiger partial charge in [-0.2, -0.15) is 0 Å². The lowest BCUT2D eigenvalue weighted by atomic mass is 10.1. The minimum absolute atomic E-state index is 0.0806. The van der Waals surface area contributed by atoms with E-state index in [0.717, 1.165) is 0 Å². The Balaban J connectivity index is 1.46. The Hall–Kier alpha value is -3.47. The third-order valence-electron chi connectivity index (χ3n) is 5.86. The number of hydrogen-bond acceptors (Lipinski definition) is 8. The van der Waals surface area contributed by atoms with Crippen LogP contribution in [0.15, 0.2) is 48.4 Å². The number of nitrogen functional groups attached to an aromatic ring is 2. The second-order valence-electron chi connectivity index (χ2n) is 7.90. The molecule has 0 amide bonds. The van der Waals surface area contributed by atoms with Crippen molar-refractivity contribution in [2.24, 2.45) is 0 Å². The quantitative estimate of drug-likeness (QED) is 0.333. The van der Waals surface area contributed by atoms with Gasteiger partial charge in [0.2, 0.25) is 0 Å². The van der Waals surface area contributed by atoms with Crippen LogP contribution in [0.25, 0.3) is 21.9 Å². The zero-order valence-electron chi connectivity index (χ0n) is 17.4. The number of fused-ring (bicyclic) bond motifs is 2. The van der Waals surface area contributed by atoms with Gasteiger partial charge in [-0.05, 0) is 24.6 Å². The van der Waals surface area contributed by atoms with Gasteiger partial charge >= 0.3 is 0 Å². The van der Waals surface area contributed by atoms with Crippen LogP contribution < -0.4 is 16.2 Å². The van der Waals surface area contributed by atoms with Gasteiger partial charge in [-0.15, -0.1) is 0 Å². The van der Waals surface area contributed by atoms with Crippen molar-refractivity contribution >= 4 is 45.2 Å². The minimum atomic E-state index is -1.19. The molecule has 0 radical (unpaired) electrons. The molecular weight excluding hydrogens is 451 g/mol. The maximum atomic E-state index is 14.6. The Morgan fingerprint density at radius 3 is 2.73 bits per heavy atom. The first-order valence-electron chi connectivity index (χ1n) is 10.1. The van der Waals surface area contributed by atoms with E-state index in [4.69, 9.17) is 27.8 Å². The molecule has 0 saturated heterocycles. The monoisotopic (exact) mass is 470 g/mol. The van der Waals surface area contributed by atoms with E-state index in [1.54, 1.807) is 29.8 Å². The van der Waals surface area contributed by atoms with Crippen molar-refractivity contribution in [3.63, 3.8) is 0 Å². The van der Waals surface area contributed by atoms with Crippen LogP contribution in [0.4, 0.5) is 16.0 Å². The zero-order chi connectivity index (χ0) is 23.4. The van der Waals surface area contributed by atoms with Gasteiger partial charge in [0.1, 0.15) is 53.5 Å². The number of nitrogens with zero attached hydrogens (tertiary/aromatic N) is 4. The molecule has 0 bridgehead atoms. The summed E-state index contributed by atoms with van der Waals surface area (Å²) in [6.07, 6.45) is 1.76. The molecule has 0 spiro atoms. The number of benzene rings is 1. The predicted octanol–water partition coefficient (Wildman–Crippen LogP) is 2.61. The van der Waals surface area contributed by atoms with Gasteiger partial charge in [0.15, 0.2) is 0 Å². The number of hydrogen-bond donors (Lipinski definition) is 4. The van der Waals surface area contributed by atoms with E-state index in [0.29, 0.717) is 22.4 Å². The van der Waals surface area contributed by atoms with Gasteiger partial charge in [0.05, 0.1) is 22.0 Å². The molecule has 9 nitrogen and oxygen atoms in total. The highest BCUT2D eigenvalue weighted by molar-refractivity contribution is 6.33. The number of anilines is 2. The molecule has 2 unspecified atom stereocenters. The largest absolute Gasteiger partial charge is 0.486 e. The van der Waals surface area contributed by atoms with E-state index in [-0.39, 0.29) is 27.5 Å². The molecule has 0 aliphatic heterocycles. The Kier molecular flexibility index (Phi) is 5.08. The van der Waals surface area contributed by atoms with E-state index in [1.165, 1.54) is 24.5 Å². The van der Waals surface area contributed by atoms with Crippen molar-refractivity contribution in [2.45, 2.75) is 31.3 Å². The van der Waals surface area contributed by atoms with E-state index >= 15 is 0 Å². The Morgan fingerprint density at radius 2 is 1.94 bits per heavy atom. The number of pyridine rings is 1. The highest BCUT2D eigenvalue weighted by Gasteiger charge is 2.39. The number of aromatic nitrogens is 4. The van der Waals surface area contributed by atoms with E-state index in [2.05, 4.69) is 15.0 Å². The zero-order valence-corrected chi connectivity index (χ0v) is 18.1. The first kappa shape index (κ1) is 21.4. The molecule has 6 N–H and O–H groups in total. The van der Waals surface area contributed by atoms with Crippen LogP contribution in [-0.4, -0.2) is 48.0 Å². The summed E-state index contributed by atoms with van der Waals surface area (Å²) in [7, 11) is 0. The molecule has 1 aliphatic rings. The summed E-state index contributed by atoms with van der Waals surface area (Å²) in [5.41, 5.74) is 12.9. The highest BCUT2D eigenvalue weighted by atomic mass is 35.5. The smallest absolute Gasteiger partial charge is 0.146 e. The number of aliphatic hydroxyl groups is 2. The van der Waals surface area contributed by atoms with Crippen molar-refractivity contribution in [3.8, 4) is 5.75 Å². The number of rotatable bonds is 4. The lowest BCUT2D eigenvalue weighted by Gasteiger charge is -2.22. The average Bonchev–Trinajstić information content (AvgIpc) is 3.32. The third kappa shape index (κ3) is 3.52. The average molecular weight is 471 g/mol. The summed E-state index contributed by atoms with van der Waals surface area (Å²) in [4.78, 5) is 12.3. The molecule has 3 aromatic heterocycles. The number of aliphatic hydroxyl groups excluding tert-OH is 2. The molecular formula is C22H20ClFN6O3. The van der Waals surface area contributed by atoms with Crippen LogP contribution in [0.5, 0.6) is 5.75 Å². The SMILES string of the molecule is CC(Oc1cc(F)c2cc(Cl)c(N)nc2c1)C1=C[C@@H](n2ccc3c(N)ncnc32)C(O)[C@@H]1O. The van der Waals surface area contributed by atoms with Crippen molar-refractivity contribution in [1.29, 1.82) is 0 Å². The molecule has 0 fully saturated rings. The fourth-order valence-electron chi connectivity index (χ4n) is 4.17. The molecule has 11 heteroatoms.